The van der Waals surface area contributed by atoms with Crippen molar-refractivity contribution in [2.75, 3.05) is 23.0 Å². The van der Waals surface area contributed by atoms with E-state index in [0.29, 0.717) is 35.6 Å². The van der Waals surface area contributed by atoms with Crippen molar-refractivity contribution in [1.82, 2.24) is 0 Å². The maximum Gasteiger partial charge on any atom is 0.194 e. The van der Waals surface area contributed by atoms with Crippen LogP contribution in [0.5, 0.6) is 11.5 Å². The van der Waals surface area contributed by atoms with Gasteiger partial charge in [0.15, 0.2) is 5.69 Å². The monoisotopic (exact) mass is 754 g/mol. The van der Waals surface area contributed by atoms with E-state index in [1.54, 1.807) is 12.1 Å². The summed E-state index contributed by atoms with van der Waals surface area (Å²) in [5, 5.41) is 10.2. The third-order valence-electron chi connectivity index (χ3n) is 9.49. The van der Waals surface area contributed by atoms with Crippen molar-refractivity contribution < 1.29 is 9.47 Å². The van der Waals surface area contributed by atoms with Gasteiger partial charge in [0.05, 0.1) is 31.4 Å². The van der Waals surface area contributed by atoms with Gasteiger partial charge in [0.1, 0.15) is 11.5 Å². The Labute approximate surface area is 341 Å². The molecule has 0 unspecified atom stereocenters. The summed E-state index contributed by atoms with van der Waals surface area (Å²) >= 11 is 0. The SMILES string of the molecule is [C-]#[N+]c1cc(/C=C/c2ccc(N(c3ccccc3)c3ccc(OCC)cc3)cc2)c(C#N)cc1/C=C/c1ccc(N(c2ccccc2)c2ccc(OCC)cc2)cc1. The average molecular weight is 755 g/mol. The highest BCUT2D eigenvalue weighted by molar-refractivity contribution is 5.84. The van der Waals surface area contributed by atoms with Crippen LogP contribution < -0.4 is 19.3 Å². The van der Waals surface area contributed by atoms with Crippen molar-refractivity contribution in [2.45, 2.75) is 13.8 Å². The first-order valence-electron chi connectivity index (χ1n) is 19.2. The van der Waals surface area contributed by atoms with Crippen LogP contribution in [0.3, 0.4) is 0 Å². The summed E-state index contributed by atoms with van der Waals surface area (Å²) in [7, 11) is 0. The van der Waals surface area contributed by atoms with Crippen LogP contribution in [-0.2, 0) is 0 Å². The molecule has 0 radical (unpaired) electrons. The Morgan fingerprint density at radius 1 is 0.500 bits per heavy atom. The second kappa shape index (κ2) is 18.7. The fourth-order valence-electron chi connectivity index (χ4n) is 6.69. The third kappa shape index (κ3) is 9.17. The zero-order chi connectivity index (χ0) is 40.1. The van der Waals surface area contributed by atoms with E-state index in [2.05, 4.69) is 118 Å². The minimum absolute atomic E-state index is 0.474. The summed E-state index contributed by atoms with van der Waals surface area (Å²) in [6, 6.07) is 59.1. The van der Waals surface area contributed by atoms with E-state index in [9.17, 15) is 5.26 Å². The fourth-order valence-corrected chi connectivity index (χ4v) is 6.69. The molecule has 58 heavy (non-hydrogen) atoms. The highest BCUT2D eigenvalue weighted by Crippen LogP contribution is 2.37. The lowest BCUT2D eigenvalue weighted by Gasteiger charge is -2.25. The van der Waals surface area contributed by atoms with Gasteiger partial charge >= 0.3 is 0 Å². The number of rotatable bonds is 14. The molecule has 0 aliphatic heterocycles. The molecule has 0 saturated carbocycles. The first-order chi connectivity index (χ1) is 28.6. The van der Waals surface area contributed by atoms with E-state index >= 15 is 0 Å². The maximum atomic E-state index is 10.2. The summed E-state index contributed by atoms with van der Waals surface area (Å²) in [6.45, 7) is 13.1. The molecule has 7 aromatic rings. The lowest BCUT2D eigenvalue weighted by atomic mass is 10.0. The molecule has 0 aliphatic rings. The molecule has 0 aliphatic carbocycles. The molecule has 0 atom stereocenters. The van der Waals surface area contributed by atoms with Crippen molar-refractivity contribution in [3.63, 3.8) is 0 Å². The van der Waals surface area contributed by atoms with Gasteiger partial charge in [-0.25, -0.2) is 4.85 Å². The Bertz CT molecular complexity index is 2380. The van der Waals surface area contributed by atoms with Crippen molar-refractivity contribution >= 4 is 64.1 Å². The topological polar surface area (TPSA) is 53.1 Å². The molecule has 0 heterocycles. The summed E-state index contributed by atoms with van der Waals surface area (Å²) in [5.74, 6) is 1.67. The molecule has 7 rings (SSSR count). The number of anilines is 6. The minimum Gasteiger partial charge on any atom is -0.494 e. The van der Waals surface area contributed by atoms with Gasteiger partial charge in [-0.3, -0.25) is 0 Å². The molecular weight excluding hydrogens is 713 g/mol. The molecule has 0 aromatic heterocycles. The highest BCUT2D eigenvalue weighted by Gasteiger charge is 2.14. The van der Waals surface area contributed by atoms with Crippen LogP contribution in [0, 0.1) is 17.9 Å². The van der Waals surface area contributed by atoms with Crippen LogP contribution in [0.4, 0.5) is 39.8 Å². The number of ether oxygens (including phenoxy) is 2. The third-order valence-corrected chi connectivity index (χ3v) is 9.49. The molecule has 0 N–H and O–H groups in total. The zero-order valence-corrected chi connectivity index (χ0v) is 32.5. The molecule has 0 bridgehead atoms. The number of benzene rings is 7. The molecule has 0 saturated heterocycles. The normalized spacial score (nSPS) is 10.9. The number of nitriles is 1. The Morgan fingerprint density at radius 2 is 0.879 bits per heavy atom. The van der Waals surface area contributed by atoms with Gasteiger partial charge < -0.3 is 19.3 Å². The predicted molar refractivity (Wildman–Crippen MR) is 240 cm³/mol. The molecule has 6 nitrogen and oxygen atoms in total. The number of nitrogens with zero attached hydrogens (tertiary/aromatic N) is 4. The first kappa shape index (κ1) is 38.5. The van der Waals surface area contributed by atoms with Crippen LogP contribution in [0.15, 0.2) is 170 Å². The van der Waals surface area contributed by atoms with Crippen LogP contribution in [0.25, 0.3) is 29.1 Å². The fraction of sp³-hybridized carbons (Fsp3) is 0.0769. The smallest absolute Gasteiger partial charge is 0.194 e. The maximum absolute atomic E-state index is 10.2. The number of hydrogen-bond acceptors (Lipinski definition) is 5. The summed E-state index contributed by atoms with van der Waals surface area (Å²) < 4.78 is 11.3. The highest BCUT2D eigenvalue weighted by atomic mass is 16.5. The molecule has 0 spiro atoms. The van der Waals surface area contributed by atoms with Gasteiger partial charge in [0.25, 0.3) is 0 Å². The van der Waals surface area contributed by atoms with Gasteiger partial charge in [-0.05, 0) is 145 Å². The summed E-state index contributed by atoms with van der Waals surface area (Å²) in [6.07, 6.45) is 7.75. The van der Waals surface area contributed by atoms with E-state index in [0.717, 1.165) is 56.8 Å². The van der Waals surface area contributed by atoms with Crippen molar-refractivity contribution in [1.29, 1.82) is 5.26 Å². The van der Waals surface area contributed by atoms with E-state index in [4.69, 9.17) is 16.0 Å². The van der Waals surface area contributed by atoms with E-state index in [1.165, 1.54) is 0 Å². The van der Waals surface area contributed by atoms with Gasteiger partial charge in [-0.15, -0.1) is 0 Å². The molecule has 7 aromatic carbocycles. The van der Waals surface area contributed by atoms with Gasteiger partial charge in [0.2, 0.25) is 0 Å². The van der Waals surface area contributed by atoms with Crippen molar-refractivity contribution in [3.05, 3.63) is 209 Å². The standard InChI is InChI=1S/C52H42N4O2/c1-4-57-50-32-28-48(29-33-50)55(44-12-8-6-9-13-44)46-24-18-39(19-25-46)16-22-41-37-52(54-3)42(36-43(41)38-53)23-17-40-20-26-47(27-21-40)56(45-14-10-7-11-15-45)49-30-34-51(35-31-49)58-5-2/h6-37H,4-5H2,1-2H3/b22-16+,23-17+. The van der Waals surface area contributed by atoms with Crippen LogP contribution in [0.1, 0.15) is 41.7 Å². The Balaban J connectivity index is 1.09. The number of hydrogen-bond donors (Lipinski definition) is 0. The lowest BCUT2D eigenvalue weighted by molar-refractivity contribution is 0.340. The second-order valence-electron chi connectivity index (χ2n) is 13.3. The molecule has 6 heteroatoms. The van der Waals surface area contributed by atoms with Crippen LogP contribution in [-0.4, -0.2) is 13.2 Å². The Hall–Kier alpha value is -7.80. The number of para-hydroxylation sites is 2. The summed E-state index contributed by atoms with van der Waals surface area (Å²) in [4.78, 5) is 8.22. The molecule has 0 amide bonds. The quantitative estimate of drug-likeness (QED) is 0.0817. The average Bonchev–Trinajstić information content (AvgIpc) is 3.28. The first-order valence-corrected chi connectivity index (χ1v) is 19.2. The van der Waals surface area contributed by atoms with E-state index < -0.39 is 0 Å². The Morgan fingerprint density at radius 3 is 1.26 bits per heavy atom. The van der Waals surface area contributed by atoms with Crippen LogP contribution >= 0.6 is 0 Å². The largest absolute Gasteiger partial charge is 0.494 e. The summed E-state index contributed by atoms with van der Waals surface area (Å²) in [5.41, 5.74) is 10.4. The second-order valence-corrected chi connectivity index (χ2v) is 13.3. The van der Waals surface area contributed by atoms with Crippen molar-refractivity contribution in [3.8, 4) is 17.6 Å². The van der Waals surface area contributed by atoms with Gasteiger partial charge in [0, 0.05) is 34.1 Å². The van der Waals surface area contributed by atoms with E-state index in [1.807, 2.05) is 98.8 Å². The minimum atomic E-state index is 0.474. The van der Waals surface area contributed by atoms with Crippen LogP contribution in [0.2, 0.25) is 0 Å². The molecule has 282 valence electrons. The van der Waals surface area contributed by atoms with Crippen molar-refractivity contribution in [2.24, 2.45) is 0 Å². The van der Waals surface area contributed by atoms with Gasteiger partial charge in [-0.1, -0.05) is 85.0 Å². The zero-order valence-electron chi connectivity index (χ0n) is 32.5. The predicted octanol–water partition coefficient (Wildman–Crippen LogP) is 14.2. The molecular formula is C52H42N4O2. The van der Waals surface area contributed by atoms with E-state index in [-0.39, 0.29) is 0 Å². The molecule has 0 fully saturated rings. The Kier molecular flexibility index (Phi) is 12.4. The van der Waals surface area contributed by atoms with Gasteiger partial charge in [-0.2, -0.15) is 5.26 Å². The lowest BCUT2D eigenvalue weighted by Crippen LogP contribution is -2.09.